The Hall–Kier alpha value is -2.63. The van der Waals surface area contributed by atoms with E-state index in [1.54, 1.807) is 12.1 Å². The molecule has 2 rings (SSSR count). The first kappa shape index (κ1) is 13.8. The van der Waals surface area contributed by atoms with Gasteiger partial charge in [0.15, 0.2) is 11.6 Å². The van der Waals surface area contributed by atoms with Crippen LogP contribution in [-0.4, -0.2) is 11.1 Å². The maximum absolute atomic E-state index is 13.0. The van der Waals surface area contributed by atoms with E-state index in [1.165, 1.54) is 12.1 Å². The molecule has 0 saturated carbocycles. The summed E-state index contributed by atoms with van der Waals surface area (Å²) in [6.45, 7) is 0.199. The van der Waals surface area contributed by atoms with Crippen LogP contribution in [0.2, 0.25) is 0 Å². The van der Waals surface area contributed by atoms with Crippen molar-refractivity contribution in [1.29, 1.82) is 0 Å². The number of hydrogen-bond acceptors (Lipinski definition) is 3. The van der Waals surface area contributed by atoms with Gasteiger partial charge in [-0.15, -0.1) is 0 Å². The number of rotatable bonds is 4. The van der Waals surface area contributed by atoms with Crippen molar-refractivity contribution in [3.05, 3.63) is 59.2 Å². The average Bonchev–Trinajstić information content (AvgIpc) is 2.41. The van der Waals surface area contributed by atoms with Crippen LogP contribution in [0.1, 0.15) is 15.9 Å². The predicted octanol–water partition coefficient (Wildman–Crippen LogP) is 2.86. The Bertz CT molecular complexity index is 660. The molecule has 4 nitrogen and oxygen atoms in total. The Kier molecular flexibility index (Phi) is 3.84. The number of carboxylic acid groups (broad SMARTS) is 1. The molecule has 0 saturated heterocycles. The molecule has 0 radical (unpaired) electrons. The molecule has 0 amide bonds. The van der Waals surface area contributed by atoms with Crippen molar-refractivity contribution in [2.75, 3.05) is 11.1 Å². The molecule has 0 aliphatic heterocycles. The highest BCUT2D eigenvalue weighted by Gasteiger charge is 2.11. The van der Waals surface area contributed by atoms with E-state index in [0.29, 0.717) is 11.3 Å². The van der Waals surface area contributed by atoms with Gasteiger partial charge < -0.3 is 16.2 Å². The quantitative estimate of drug-likeness (QED) is 0.752. The number of carboxylic acids is 1. The number of nitrogens with one attached hydrogen (secondary N) is 1. The van der Waals surface area contributed by atoms with Crippen LogP contribution >= 0.6 is 0 Å². The highest BCUT2D eigenvalue weighted by molar-refractivity contribution is 5.97. The number of carbonyl (C=O) groups is 1. The van der Waals surface area contributed by atoms with E-state index in [9.17, 15) is 13.6 Å². The fourth-order valence-electron chi connectivity index (χ4n) is 1.75. The molecule has 104 valence electrons. The van der Waals surface area contributed by atoms with Crippen molar-refractivity contribution in [1.82, 2.24) is 0 Å². The van der Waals surface area contributed by atoms with E-state index >= 15 is 0 Å². The topological polar surface area (TPSA) is 75.3 Å². The number of hydrogen-bond donors (Lipinski definition) is 3. The Labute approximate surface area is 113 Å². The lowest BCUT2D eigenvalue weighted by Crippen LogP contribution is -2.07. The van der Waals surface area contributed by atoms with Gasteiger partial charge >= 0.3 is 5.97 Å². The molecule has 0 atom stereocenters. The number of nitrogen functional groups attached to an aromatic ring is 1. The van der Waals surface area contributed by atoms with Gasteiger partial charge in [0.1, 0.15) is 0 Å². The molecule has 2 aromatic carbocycles. The van der Waals surface area contributed by atoms with E-state index in [-0.39, 0.29) is 17.8 Å². The van der Waals surface area contributed by atoms with Crippen LogP contribution in [0.25, 0.3) is 0 Å². The SMILES string of the molecule is Nc1c(NCc2ccc(F)c(F)c2)cccc1C(=O)O. The van der Waals surface area contributed by atoms with E-state index in [0.717, 1.165) is 12.1 Å². The van der Waals surface area contributed by atoms with Gasteiger partial charge in [-0.2, -0.15) is 0 Å². The number of nitrogens with two attached hydrogens (primary N) is 1. The first-order chi connectivity index (χ1) is 9.49. The van der Waals surface area contributed by atoms with Crippen molar-refractivity contribution in [3.8, 4) is 0 Å². The first-order valence-corrected chi connectivity index (χ1v) is 5.78. The molecule has 0 bridgehead atoms. The smallest absolute Gasteiger partial charge is 0.337 e. The Morgan fingerprint density at radius 3 is 2.60 bits per heavy atom. The lowest BCUT2D eigenvalue weighted by atomic mass is 10.1. The summed E-state index contributed by atoms with van der Waals surface area (Å²) in [6, 6.07) is 8.08. The summed E-state index contributed by atoms with van der Waals surface area (Å²) < 4.78 is 25.8. The van der Waals surface area contributed by atoms with Crippen LogP contribution in [-0.2, 0) is 6.54 Å². The summed E-state index contributed by atoms with van der Waals surface area (Å²) in [4.78, 5) is 10.9. The highest BCUT2D eigenvalue weighted by Crippen LogP contribution is 2.23. The zero-order chi connectivity index (χ0) is 14.7. The Balaban J connectivity index is 2.17. The fourth-order valence-corrected chi connectivity index (χ4v) is 1.75. The van der Waals surface area contributed by atoms with Crippen molar-refractivity contribution in [2.45, 2.75) is 6.54 Å². The number of aromatic carboxylic acids is 1. The molecule has 4 N–H and O–H groups in total. The molecule has 0 aliphatic carbocycles. The average molecular weight is 278 g/mol. The molecule has 0 aromatic heterocycles. The van der Waals surface area contributed by atoms with E-state index in [2.05, 4.69) is 5.32 Å². The maximum Gasteiger partial charge on any atom is 0.337 e. The van der Waals surface area contributed by atoms with Crippen molar-refractivity contribution >= 4 is 17.3 Å². The minimum absolute atomic E-state index is 0.0136. The normalized spacial score (nSPS) is 10.3. The lowest BCUT2D eigenvalue weighted by Gasteiger charge is -2.11. The summed E-state index contributed by atoms with van der Waals surface area (Å²) in [5, 5.41) is 11.8. The van der Waals surface area contributed by atoms with Crippen LogP contribution in [0.4, 0.5) is 20.2 Å². The predicted molar refractivity (Wildman–Crippen MR) is 71.5 cm³/mol. The van der Waals surface area contributed by atoms with Gasteiger partial charge in [0.2, 0.25) is 0 Å². The largest absolute Gasteiger partial charge is 0.478 e. The molecular formula is C14H12F2N2O2. The standard InChI is InChI=1S/C14H12F2N2O2/c15-10-5-4-8(6-11(10)16)7-18-12-3-1-2-9(13(12)17)14(19)20/h1-6,18H,7,17H2,(H,19,20). The van der Waals surface area contributed by atoms with Gasteiger partial charge in [0, 0.05) is 6.54 Å². The zero-order valence-corrected chi connectivity index (χ0v) is 10.4. The minimum atomic E-state index is -1.13. The minimum Gasteiger partial charge on any atom is -0.478 e. The Morgan fingerprint density at radius 2 is 1.95 bits per heavy atom. The number of benzene rings is 2. The summed E-state index contributed by atoms with van der Waals surface area (Å²) in [5.74, 6) is -2.98. The molecule has 0 aliphatic rings. The third kappa shape index (κ3) is 2.85. The van der Waals surface area contributed by atoms with Gasteiger partial charge in [0.05, 0.1) is 16.9 Å². The van der Waals surface area contributed by atoms with E-state index in [1.807, 2.05) is 0 Å². The molecule has 0 unspecified atom stereocenters. The van der Waals surface area contributed by atoms with Crippen molar-refractivity contribution < 1.29 is 18.7 Å². The summed E-state index contributed by atoms with van der Waals surface area (Å²) in [5.41, 5.74) is 6.75. The van der Waals surface area contributed by atoms with E-state index in [4.69, 9.17) is 10.8 Å². The lowest BCUT2D eigenvalue weighted by molar-refractivity contribution is 0.0698. The highest BCUT2D eigenvalue weighted by atomic mass is 19.2. The van der Waals surface area contributed by atoms with Crippen LogP contribution < -0.4 is 11.1 Å². The Morgan fingerprint density at radius 1 is 1.20 bits per heavy atom. The molecule has 6 heteroatoms. The van der Waals surface area contributed by atoms with Crippen molar-refractivity contribution in [3.63, 3.8) is 0 Å². The maximum atomic E-state index is 13.0. The fraction of sp³-hybridized carbons (Fsp3) is 0.0714. The molecule has 20 heavy (non-hydrogen) atoms. The third-order valence-corrected chi connectivity index (χ3v) is 2.80. The molecular weight excluding hydrogens is 266 g/mol. The van der Waals surface area contributed by atoms with Gasteiger partial charge in [-0.05, 0) is 29.8 Å². The second kappa shape index (κ2) is 5.56. The van der Waals surface area contributed by atoms with Gasteiger partial charge in [0.25, 0.3) is 0 Å². The molecule has 0 heterocycles. The van der Waals surface area contributed by atoms with Crippen molar-refractivity contribution in [2.24, 2.45) is 0 Å². The van der Waals surface area contributed by atoms with E-state index < -0.39 is 17.6 Å². The van der Waals surface area contributed by atoms with Crippen LogP contribution in [0.5, 0.6) is 0 Å². The van der Waals surface area contributed by atoms with Crippen LogP contribution in [0, 0.1) is 11.6 Å². The molecule has 0 fully saturated rings. The number of anilines is 2. The molecule has 0 spiro atoms. The molecule has 2 aromatic rings. The monoisotopic (exact) mass is 278 g/mol. The van der Waals surface area contributed by atoms with Gasteiger partial charge in [-0.25, -0.2) is 13.6 Å². The number of para-hydroxylation sites is 1. The summed E-state index contributed by atoms with van der Waals surface area (Å²) >= 11 is 0. The number of halogens is 2. The summed E-state index contributed by atoms with van der Waals surface area (Å²) in [6.07, 6.45) is 0. The second-order valence-electron chi connectivity index (χ2n) is 4.17. The van der Waals surface area contributed by atoms with Crippen LogP contribution in [0.3, 0.4) is 0 Å². The third-order valence-electron chi connectivity index (χ3n) is 2.80. The second-order valence-corrected chi connectivity index (χ2v) is 4.17. The zero-order valence-electron chi connectivity index (χ0n) is 10.4. The van der Waals surface area contributed by atoms with Crippen LogP contribution in [0.15, 0.2) is 36.4 Å². The van der Waals surface area contributed by atoms with Gasteiger partial charge in [-0.3, -0.25) is 0 Å². The first-order valence-electron chi connectivity index (χ1n) is 5.78. The van der Waals surface area contributed by atoms with Gasteiger partial charge in [-0.1, -0.05) is 12.1 Å². The summed E-state index contributed by atoms with van der Waals surface area (Å²) in [7, 11) is 0.